The fourth-order valence-corrected chi connectivity index (χ4v) is 1.71. The van der Waals surface area contributed by atoms with E-state index < -0.39 is 17.8 Å². The van der Waals surface area contributed by atoms with Crippen molar-refractivity contribution in [3.05, 3.63) is 23.8 Å². The number of unbranched alkanes of at least 4 members (excludes halogenated alkanes) is 1. The number of carbonyl (C=O) groups is 3. The number of hydrogen-bond donors (Lipinski definition) is 2. The summed E-state index contributed by atoms with van der Waals surface area (Å²) >= 11 is 0. The number of amides is 2. The molecule has 2 amide bonds. The van der Waals surface area contributed by atoms with Gasteiger partial charge in [-0.05, 0) is 25.5 Å². The summed E-state index contributed by atoms with van der Waals surface area (Å²) in [5, 5.41) is 2.31. The average Bonchev–Trinajstić information content (AvgIpc) is 2.47. The Morgan fingerprint density at radius 1 is 1.23 bits per heavy atom. The Hall–Kier alpha value is -2.57. The van der Waals surface area contributed by atoms with Crippen LogP contribution in [0.1, 0.15) is 37.0 Å². The second kappa shape index (κ2) is 8.66. The monoisotopic (exact) mass is 308 g/mol. The zero-order valence-corrected chi connectivity index (χ0v) is 12.7. The highest BCUT2D eigenvalue weighted by atomic mass is 16.5. The first-order valence-electron chi connectivity index (χ1n) is 7.04. The molecule has 3 N–H and O–H groups in total. The molecule has 7 heteroatoms. The van der Waals surface area contributed by atoms with Crippen LogP contribution >= 0.6 is 0 Å². The maximum Gasteiger partial charge on any atom is 0.397 e. The van der Waals surface area contributed by atoms with Crippen molar-refractivity contribution in [1.82, 2.24) is 0 Å². The third-order valence-electron chi connectivity index (χ3n) is 2.74. The number of nitrogens with two attached hydrogens (primary N) is 1. The van der Waals surface area contributed by atoms with Gasteiger partial charge in [0.05, 0.1) is 18.9 Å². The molecular formula is C15H20N2O5. The largest absolute Gasteiger partial charge is 0.493 e. The predicted molar refractivity (Wildman–Crippen MR) is 80.6 cm³/mol. The number of ether oxygens (including phenoxy) is 2. The molecule has 120 valence electrons. The molecule has 0 atom stereocenters. The normalized spacial score (nSPS) is 9.91. The zero-order chi connectivity index (χ0) is 16.5. The van der Waals surface area contributed by atoms with E-state index in [1.165, 1.54) is 6.07 Å². The van der Waals surface area contributed by atoms with Gasteiger partial charge < -0.3 is 20.5 Å². The van der Waals surface area contributed by atoms with E-state index >= 15 is 0 Å². The van der Waals surface area contributed by atoms with Crippen LogP contribution in [-0.2, 0) is 14.3 Å². The minimum absolute atomic E-state index is 0.0243. The van der Waals surface area contributed by atoms with Gasteiger partial charge in [0.2, 0.25) is 0 Å². The molecule has 1 rings (SSSR count). The van der Waals surface area contributed by atoms with Crippen molar-refractivity contribution in [3.8, 4) is 5.75 Å². The minimum Gasteiger partial charge on any atom is -0.493 e. The summed E-state index contributed by atoms with van der Waals surface area (Å²) in [6.07, 6.45) is 1.75. The van der Waals surface area contributed by atoms with E-state index in [9.17, 15) is 14.4 Å². The first-order chi connectivity index (χ1) is 10.5. The minimum atomic E-state index is -1.03. The number of hydrogen-bond acceptors (Lipinski definition) is 5. The Morgan fingerprint density at radius 2 is 1.95 bits per heavy atom. The van der Waals surface area contributed by atoms with Crippen LogP contribution in [0.2, 0.25) is 0 Å². The highest BCUT2D eigenvalue weighted by Crippen LogP contribution is 2.26. The van der Waals surface area contributed by atoms with Gasteiger partial charge in [0, 0.05) is 0 Å². The standard InChI is InChI=1S/C15H20N2O5/c1-3-5-9-22-11-8-6-7-10(12(11)13(16)18)17-14(19)15(20)21-4-2/h6-8H,3-5,9H2,1-2H3,(H2,16,18)(H,17,19). The molecule has 0 fully saturated rings. The van der Waals surface area contributed by atoms with E-state index in [1.807, 2.05) is 6.92 Å². The molecule has 0 aliphatic heterocycles. The highest BCUT2D eigenvalue weighted by Gasteiger charge is 2.20. The molecule has 1 aromatic carbocycles. The van der Waals surface area contributed by atoms with E-state index in [2.05, 4.69) is 10.1 Å². The smallest absolute Gasteiger partial charge is 0.397 e. The SMILES string of the molecule is CCCCOc1cccc(NC(=O)C(=O)OCC)c1C(N)=O. The molecule has 0 unspecified atom stereocenters. The number of rotatable bonds is 7. The van der Waals surface area contributed by atoms with Crippen LogP contribution in [0, 0.1) is 0 Å². The van der Waals surface area contributed by atoms with Crippen molar-refractivity contribution in [3.63, 3.8) is 0 Å². The van der Waals surface area contributed by atoms with Crippen LogP contribution in [0.3, 0.4) is 0 Å². The molecule has 1 aromatic rings. The van der Waals surface area contributed by atoms with Crippen molar-refractivity contribution < 1.29 is 23.9 Å². The highest BCUT2D eigenvalue weighted by molar-refractivity contribution is 6.37. The molecule has 0 aliphatic carbocycles. The van der Waals surface area contributed by atoms with Crippen LogP contribution < -0.4 is 15.8 Å². The molecule has 0 spiro atoms. The predicted octanol–water partition coefficient (Wildman–Crippen LogP) is 1.47. The summed E-state index contributed by atoms with van der Waals surface area (Å²) in [4.78, 5) is 34.6. The molecule has 0 aliphatic rings. The van der Waals surface area contributed by atoms with Crippen LogP contribution in [0.15, 0.2) is 18.2 Å². The summed E-state index contributed by atoms with van der Waals surface area (Å²) in [5.74, 6) is -2.50. The van der Waals surface area contributed by atoms with E-state index in [-0.39, 0.29) is 23.6 Å². The van der Waals surface area contributed by atoms with Gasteiger partial charge in [-0.3, -0.25) is 9.59 Å². The van der Waals surface area contributed by atoms with Gasteiger partial charge in [-0.1, -0.05) is 19.4 Å². The molecule has 0 heterocycles. The molecular weight excluding hydrogens is 288 g/mol. The summed E-state index contributed by atoms with van der Waals surface area (Å²) < 4.78 is 10.1. The lowest BCUT2D eigenvalue weighted by Crippen LogP contribution is -2.27. The van der Waals surface area contributed by atoms with Crippen molar-refractivity contribution >= 4 is 23.5 Å². The number of carbonyl (C=O) groups excluding carboxylic acids is 3. The second-order valence-electron chi connectivity index (χ2n) is 4.42. The van der Waals surface area contributed by atoms with Crippen molar-refractivity contribution in [1.29, 1.82) is 0 Å². The van der Waals surface area contributed by atoms with E-state index in [0.717, 1.165) is 12.8 Å². The zero-order valence-electron chi connectivity index (χ0n) is 12.7. The van der Waals surface area contributed by atoms with E-state index in [4.69, 9.17) is 10.5 Å². The summed E-state index contributed by atoms with van der Waals surface area (Å²) in [5.41, 5.74) is 5.48. The summed E-state index contributed by atoms with van der Waals surface area (Å²) in [7, 11) is 0. The lowest BCUT2D eigenvalue weighted by molar-refractivity contribution is -0.152. The Kier molecular flexibility index (Phi) is 6.88. The van der Waals surface area contributed by atoms with E-state index in [1.54, 1.807) is 19.1 Å². The third-order valence-corrected chi connectivity index (χ3v) is 2.74. The van der Waals surface area contributed by atoms with Crippen LogP contribution in [0.25, 0.3) is 0 Å². The topological polar surface area (TPSA) is 108 Å². The molecule has 0 saturated carbocycles. The molecule has 22 heavy (non-hydrogen) atoms. The number of primary amides is 1. The maximum atomic E-state index is 11.7. The average molecular weight is 308 g/mol. The van der Waals surface area contributed by atoms with Gasteiger partial charge in [-0.15, -0.1) is 0 Å². The van der Waals surface area contributed by atoms with Crippen LogP contribution in [-0.4, -0.2) is 31.0 Å². The summed E-state index contributed by atoms with van der Waals surface area (Å²) in [6.45, 7) is 4.09. The number of nitrogens with one attached hydrogen (secondary N) is 1. The second-order valence-corrected chi connectivity index (χ2v) is 4.42. The summed E-state index contributed by atoms with van der Waals surface area (Å²) in [6, 6.07) is 4.63. The van der Waals surface area contributed by atoms with Gasteiger partial charge in [0.15, 0.2) is 0 Å². The molecule has 0 aromatic heterocycles. The lowest BCUT2D eigenvalue weighted by atomic mass is 10.1. The van der Waals surface area contributed by atoms with Crippen molar-refractivity contribution in [2.45, 2.75) is 26.7 Å². The maximum absolute atomic E-state index is 11.7. The first-order valence-corrected chi connectivity index (χ1v) is 7.04. The van der Waals surface area contributed by atoms with Gasteiger partial charge in [-0.2, -0.15) is 0 Å². The Balaban J connectivity index is 2.98. The van der Waals surface area contributed by atoms with Crippen molar-refractivity contribution in [2.75, 3.05) is 18.5 Å². The Morgan fingerprint density at radius 3 is 2.55 bits per heavy atom. The first kappa shape index (κ1) is 17.5. The van der Waals surface area contributed by atoms with Gasteiger partial charge >= 0.3 is 11.9 Å². The fourth-order valence-electron chi connectivity index (χ4n) is 1.71. The third kappa shape index (κ3) is 4.76. The lowest BCUT2D eigenvalue weighted by Gasteiger charge is -2.13. The molecule has 7 nitrogen and oxygen atoms in total. The quantitative estimate of drug-likeness (QED) is 0.450. The Bertz CT molecular complexity index is 557. The molecule has 0 saturated heterocycles. The van der Waals surface area contributed by atoms with Gasteiger partial charge in [0.1, 0.15) is 11.3 Å². The van der Waals surface area contributed by atoms with Crippen molar-refractivity contribution in [2.24, 2.45) is 5.73 Å². The van der Waals surface area contributed by atoms with Gasteiger partial charge in [-0.25, -0.2) is 4.79 Å². The van der Waals surface area contributed by atoms with Crippen LogP contribution in [0.4, 0.5) is 5.69 Å². The number of esters is 1. The fraction of sp³-hybridized carbons (Fsp3) is 0.400. The molecule has 0 bridgehead atoms. The number of anilines is 1. The Labute approximate surface area is 128 Å². The van der Waals surface area contributed by atoms with Crippen LogP contribution in [0.5, 0.6) is 5.75 Å². The molecule has 0 radical (unpaired) electrons. The van der Waals surface area contributed by atoms with E-state index in [0.29, 0.717) is 6.61 Å². The van der Waals surface area contributed by atoms with Gasteiger partial charge in [0.25, 0.3) is 5.91 Å². The number of benzene rings is 1.